The molecule has 2 rings (SSSR count). The van der Waals surface area contributed by atoms with Crippen molar-refractivity contribution >= 4 is 9.84 Å². The first-order valence-electron chi connectivity index (χ1n) is 5.51. The minimum Gasteiger partial charge on any atom is -0.391 e. The zero-order chi connectivity index (χ0) is 10.2. The summed E-state index contributed by atoms with van der Waals surface area (Å²) in [5.41, 5.74) is 0. The predicted molar refractivity (Wildman–Crippen MR) is 54.8 cm³/mol. The van der Waals surface area contributed by atoms with Crippen LogP contribution in [0.5, 0.6) is 0 Å². The van der Waals surface area contributed by atoms with Gasteiger partial charge in [-0.1, -0.05) is 12.8 Å². The molecule has 0 bridgehead atoms. The maximum absolute atomic E-state index is 11.6. The van der Waals surface area contributed by atoms with Crippen LogP contribution in [-0.4, -0.2) is 30.6 Å². The van der Waals surface area contributed by atoms with Gasteiger partial charge in [0.25, 0.3) is 0 Å². The second-order valence-corrected chi connectivity index (χ2v) is 6.92. The van der Waals surface area contributed by atoms with Crippen molar-refractivity contribution in [2.24, 2.45) is 5.92 Å². The summed E-state index contributed by atoms with van der Waals surface area (Å²) in [6.45, 7) is 0. The molecule has 0 aromatic heterocycles. The SMILES string of the molecule is O=S1(=O)CCCC1C(O)C1CCCC1. The van der Waals surface area contributed by atoms with Gasteiger partial charge in [-0.15, -0.1) is 0 Å². The van der Waals surface area contributed by atoms with Crippen LogP contribution < -0.4 is 0 Å². The number of sulfone groups is 1. The molecule has 2 fully saturated rings. The van der Waals surface area contributed by atoms with E-state index in [1.54, 1.807) is 0 Å². The molecule has 1 aliphatic carbocycles. The summed E-state index contributed by atoms with van der Waals surface area (Å²) in [4.78, 5) is 0. The molecule has 4 heteroatoms. The van der Waals surface area contributed by atoms with Crippen LogP contribution in [0.2, 0.25) is 0 Å². The van der Waals surface area contributed by atoms with Gasteiger partial charge in [-0.25, -0.2) is 8.42 Å². The molecule has 2 atom stereocenters. The highest BCUT2D eigenvalue weighted by Crippen LogP contribution is 2.34. The van der Waals surface area contributed by atoms with Crippen molar-refractivity contribution in [3.63, 3.8) is 0 Å². The topological polar surface area (TPSA) is 54.4 Å². The van der Waals surface area contributed by atoms with Gasteiger partial charge >= 0.3 is 0 Å². The maximum atomic E-state index is 11.6. The summed E-state index contributed by atoms with van der Waals surface area (Å²) in [5.74, 6) is 0.523. The van der Waals surface area contributed by atoms with E-state index in [1.807, 2.05) is 0 Å². The van der Waals surface area contributed by atoms with Crippen molar-refractivity contribution in [1.29, 1.82) is 0 Å². The normalized spacial score (nSPS) is 34.8. The Balaban J connectivity index is 2.07. The van der Waals surface area contributed by atoms with Gasteiger partial charge in [0.05, 0.1) is 17.1 Å². The van der Waals surface area contributed by atoms with Crippen LogP contribution in [0.4, 0.5) is 0 Å². The first-order valence-corrected chi connectivity index (χ1v) is 7.22. The van der Waals surface area contributed by atoms with Gasteiger partial charge < -0.3 is 5.11 Å². The minimum absolute atomic E-state index is 0.243. The highest BCUT2D eigenvalue weighted by Gasteiger charge is 2.40. The van der Waals surface area contributed by atoms with E-state index < -0.39 is 21.2 Å². The fourth-order valence-corrected chi connectivity index (χ4v) is 4.85. The van der Waals surface area contributed by atoms with Crippen LogP contribution in [0, 0.1) is 5.92 Å². The number of hydrogen-bond acceptors (Lipinski definition) is 3. The van der Waals surface area contributed by atoms with Crippen molar-refractivity contribution < 1.29 is 13.5 Å². The zero-order valence-electron chi connectivity index (χ0n) is 8.35. The predicted octanol–water partition coefficient (Wildman–Crippen LogP) is 1.11. The Hall–Kier alpha value is -0.0900. The lowest BCUT2D eigenvalue weighted by molar-refractivity contribution is 0.105. The van der Waals surface area contributed by atoms with E-state index in [4.69, 9.17) is 0 Å². The van der Waals surface area contributed by atoms with E-state index in [-0.39, 0.29) is 11.7 Å². The third kappa shape index (κ3) is 1.82. The van der Waals surface area contributed by atoms with Crippen LogP contribution in [0.25, 0.3) is 0 Å². The van der Waals surface area contributed by atoms with Gasteiger partial charge in [0.1, 0.15) is 0 Å². The molecule has 2 aliphatic rings. The quantitative estimate of drug-likeness (QED) is 0.755. The average Bonchev–Trinajstić information content (AvgIpc) is 2.71. The molecule has 0 amide bonds. The molecule has 1 saturated heterocycles. The molecule has 1 saturated carbocycles. The standard InChI is InChI=1S/C10H18O3S/c11-10(8-4-1-2-5-8)9-6-3-7-14(9,12)13/h8-11H,1-7H2. The van der Waals surface area contributed by atoms with Crippen LogP contribution in [-0.2, 0) is 9.84 Å². The molecule has 1 heterocycles. The van der Waals surface area contributed by atoms with Crippen molar-refractivity contribution in [2.75, 3.05) is 5.75 Å². The minimum atomic E-state index is -2.97. The molecule has 82 valence electrons. The van der Waals surface area contributed by atoms with Gasteiger partial charge in [0.2, 0.25) is 0 Å². The second kappa shape index (κ2) is 3.81. The van der Waals surface area contributed by atoms with E-state index in [9.17, 15) is 13.5 Å². The van der Waals surface area contributed by atoms with E-state index in [0.29, 0.717) is 6.42 Å². The molecule has 1 N–H and O–H groups in total. The van der Waals surface area contributed by atoms with Crippen molar-refractivity contribution in [3.05, 3.63) is 0 Å². The number of aliphatic hydroxyl groups is 1. The smallest absolute Gasteiger partial charge is 0.155 e. The van der Waals surface area contributed by atoms with E-state index in [1.165, 1.54) is 0 Å². The maximum Gasteiger partial charge on any atom is 0.155 e. The zero-order valence-corrected chi connectivity index (χ0v) is 9.17. The lowest BCUT2D eigenvalue weighted by atomic mass is 9.96. The second-order valence-electron chi connectivity index (χ2n) is 4.58. The number of hydrogen-bond donors (Lipinski definition) is 1. The van der Waals surface area contributed by atoms with Gasteiger partial charge in [-0.2, -0.15) is 0 Å². The molecule has 2 unspecified atom stereocenters. The van der Waals surface area contributed by atoms with Crippen molar-refractivity contribution in [1.82, 2.24) is 0 Å². The molecular formula is C10H18O3S. The number of aliphatic hydroxyl groups excluding tert-OH is 1. The largest absolute Gasteiger partial charge is 0.391 e. The molecule has 0 aromatic rings. The lowest BCUT2D eigenvalue weighted by Crippen LogP contribution is -2.35. The van der Waals surface area contributed by atoms with Crippen molar-refractivity contribution in [3.8, 4) is 0 Å². The van der Waals surface area contributed by atoms with Crippen LogP contribution in [0.1, 0.15) is 38.5 Å². The Morgan fingerprint density at radius 1 is 1.07 bits per heavy atom. The van der Waals surface area contributed by atoms with Gasteiger partial charge in [0, 0.05) is 0 Å². The summed E-state index contributed by atoms with van der Waals surface area (Å²) in [5, 5.41) is 9.55. The molecule has 1 aliphatic heterocycles. The summed E-state index contributed by atoms with van der Waals surface area (Å²) in [6.07, 6.45) is 5.12. The summed E-state index contributed by atoms with van der Waals surface area (Å²) < 4.78 is 23.2. The molecular weight excluding hydrogens is 200 g/mol. The molecule has 14 heavy (non-hydrogen) atoms. The summed E-state index contributed by atoms with van der Waals surface area (Å²) in [7, 11) is -2.97. The Bertz CT molecular complexity index is 290. The van der Waals surface area contributed by atoms with Gasteiger partial charge in [-0.05, 0) is 31.6 Å². The Morgan fingerprint density at radius 3 is 2.21 bits per heavy atom. The van der Waals surface area contributed by atoms with Crippen LogP contribution in [0.15, 0.2) is 0 Å². The van der Waals surface area contributed by atoms with E-state index >= 15 is 0 Å². The summed E-state index contributed by atoms with van der Waals surface area (Å²) >= 11 is 0. The highest BCUT2D eigenvalue weighted by atomic mass is 32.2. The molecule has 0 spiro atoms. The van der Waals surface area contributed by atoms with Crippen molar-refractivity contribution in [2.45, 2.75) is 49.9 Å². The van der Waals surface area contributed by atoms with Crippen LogP contribution in [0.3, 0.4) is 0 Å². The average molecular weight is 218 g/mol. The van der Waals surface area contributed by atoms with E-state index in [0.717, 1.165) is 32.1 Å². The third-order valence-corrected chi connectivity index (χ3v) is 5.94. The summed E-state index contributed by atoms with van der Waals surface area (Å²) in [6, 6.07) is 0. The molecule has 3 nitrogen and oxygen atoms in total. The molecule has 0 radical (unpaired) electrons. The van der Waals surface area contributed by atoms with Crippen LogP contribution >= 0.6 is 0 Å². The molecule has 0 aromatic carbocycles. The highest BCUT2D eigenvalue weighted by molar-refractivity contribution is 7.92. The lowest BCUT2D eigenvalue weighted by Gasteiger charge is -2.22. The Morgan fingerprint density at radius 2 is 1.71 bits per heavy atom. The van der Waals surface area contributed by atoms with E-state index in [2.05, 4.69) is 0 Å². The monoisotopic (exact) mass is 218 g/mol. The van der Waals surface area contributed by atoms with Gasteiger partial charge in [-0.3, -0.25) is 0 Å². The first-order chi connectivity index (χ1) is 6.61. The Kier molecular flexibility index (Phi) is 2.84. The Labute approximate surface area is 85.4 Å². The fourth-order valence-electron chi connectivity index (χ4n) is 2.80. The number of rotatable bonds is 2. The fraction of sp³-hybridized carbons (Fsp3) is 1.00. The van der Waals surface area contributed by atoms with Gasteiger partial charge in [0.15, 0.2) is 9.84 Å². The first kappa shape index (κ1) is 10.4. The third-order valence-electron chi connectivity index (χ3n) is 3.64.